The van der Waals surface area contributed by atoms with Gasteiger partial charge < -0.3 is 5.32 Å². The molecule has 0 atom stereocenters. The zero-order valence-corrected chi connectivity index (χ0v) is 12.8. The van der Waals surface area contributed by atoms with Gasteiger partial charge in [0.25, 0.3) is 5.69 Å². The number of anilines is 1. The lowest BCUT2D eigenvalue weighted by atomic mass is 10.1. The van der Waals surface area contributed by atoms with E-state index in [4.69, 9.17) is 6.42 Å². The standard InChI is InChI=1S/C13H17N3O4S/c1-5-8-14-11-7-6-10(9-12(11)16(17)18)21(19,20)15-13(2,3)4/h1,6-7,9,14-15H,8H2,2-4H3. The van der Waals surface area contributed by atoms with Crippen LogP contribution in [0, 0.1) is 22.5 Å². The van der Waals surface area contributed by atoms with E-state index in [1.54, 1.807) is 20.8 Å². The Labute approximate surface area is 123 Å². The lowest BCUT2D eigenvalue weighted by Crippen LogP contribution is -2.40. The molecule has 0 aliphatic heterocycles. The molecule has 0 radical (unpaired) electrons. The molecule has 0 amide bonds. The van der Waals surface area contributed by atoms with Gasteiger partial charge in [-0.2, -0.15) is 0 Å². The second-order valence-corrected chi connectivity index (χ2v) is 7.03. The van der Waals surface area contributed by atoms with Crippen molar-refractivity contribution in [2.45, 2.75) is 31.2 Å². The van der Waals surface area contributed by atoms with Crippen molar-refractivity contribution in [1.82, 2.24) is 4.72 Å². The lowest BCUT2D eigenvalue weighted by molar-refractivity contribution is -0.384. The minimum Gasteiger partial charge on any atom is -0.369 e. The number of sulfonamides is 1. The quantitative estimate of drug-likeness (QED) is 0.490. The topological polar surface area (TPSA) is 101 Å². The Morgan fingerprint density at radius 2 is 2.00 bits per heavy atom. The minimum absolute atomic E-state index is 0.104. The molecule has 114 valence electrons. The monoisotopic (exact) mass is 311 g/mol. The summed E-state index contributed by atoms with van der Waals surface area (Å²) in [7, 11) is -3.83. The number of nitrogens with one attached hydrogen (secondary N) is 2. The van der Waals surface area contributed by atoms with Crippen LogP contribution in [-0.2, 0) is 10.0 Å². The Bertz CT molecular complexity index is 684. The van der Waals surface area contributed by atoms with Crippen LogP contribution in [-0.4, -0.2) is 25.4 Å². The summed E-state index contributed by atoms with van der Waals surface area (Å²) in [6.07, 6.45) is 5.08. The van der Waals surface area contributed by atoms with Crippen molar-refractivity contribution in [2.24, 2.45) is 0 Å². The SMILES string of the molecule is C#CCNc1ccc(S(=O)(=O)NC(C)(C)C)cc1[N+](=O)[O-]. The molecule has 0 aliphatic carbocycles. The molecule has 0 aromatic heterocycles. The van der Waals surface area contributed by atoms with Crippen LogP contribution >= 0.6 is 0 Å². The summed E-state index contributed by atoms with van der Waals surface area (Å²) in [5, 5.41) is 13.7. The summed E-state index contributed by atoms with van der Waals surface area (Å²) < 4.78 is 26.8. The molecule has 1 aromatic carbocycles. The first-order chi connectivity index (χ1) is 9.57. The van der Waals surface area contributed by atoms with E-state index >= 15 is 0 Å². The van der Waals surface area contributed by atoms with Crippen LogP contribution in [0.4, 0.5) is 11.4 Å². The van der Waals surface area contributed by atoms with Gasteiger partial charge in [0, 0.05) is 11.6 Å². The number of nitro benzene ring substituents is 1. The summed E-state index contributed by atoms with van der Waals surface area (Å²) in [5.74, 6) is 2.29. The van der Waals surface area contributed by atoms with Gasteiger partial charge in [-0.3, -0.25) is 10.1 Å². The van der Waals surface area contributed by atoms with Gasteiger partial charge in [-0.05, 0) is 32.9 Å². The first-order valence-electron chi connectivity index (χ1n) is 6.06. The van der Waals surface area contributed by atoms with E-state index in [0.29, 0.717) is 0 Å². The molecule has 21 heavy (non-hydrogen) atoms. The van der Waals surface area contributed by atoms with Gasteiger partial charge in [0.2, 0.25) is 10.0 Å². The maximum absolute atomic E-state index is 12.2. The Morgan fingerprint density at radius 3 is 2.48 bits per heavy atom. The van der Waals surface area contributed by atoms with Crippen LogP contribution in [0.1, 0.15) is 20.8 Å². The predicted octanol–water partition coefficient (Wildman–Crippen LogP) is 1.72. The molecule has 0 heterocycles. The highest BCUT2D eigenvalue weighted by molar-refractivity contribution is 7.89. The van der Waals surface area contributed by atoms with Crippen LogP contribution in [0.2, 0.25) is 0 Å². The fraction of sp³-hybridized carbons (Fsp3) is 0.385. The van der Waals surface area contributed by atoms with Gasteiger partial charge >= 0.3 is 0 Å². The second-order valence-electron chi connectivity index (χ2n) is 5.35. The van der Waals surface area contributed by atoms with Crippen molar-refractivity contribution in [1.29, 1.82) is 0 Å². The number of nitrogens with zero attached hydrogens (tertiary/aromatic N) is 1. The van der Waals surface area contributed by atoms with Gasteiger partial charge in [-0.1, -0.05) is 5.92 Å². The van der Waals surface area contributed by atoms with Gasteiger partial charge in [0.05, 0.1) is 16.4 Å². The zero-order chi connectivity index (χ0) is 16.3. The fourth-order valence-corrected chi connectivity index (χ4v) is 3.03. The van der Waals surface area contributed by atoms with E-state index < -0.39 is 20.5 Å². The minimum atomic E-state index is -3.83. The molecule has 8 heteroatoms. The third kappa shape index (κ3) is 4.73. The van der Waals surface area contributed by atoms with Crippen molar-refractivity contribution in [3.63, 3.8) is 0 Å². The maximum atomic E-state index is 12.2. The lowest BCUT2D eigenvalue weighted by Gasteiger charge is -2.20. The van der Waals surface area contributed by atoms with E-state index in [2.05, 4.69) is 16.0 Å². The summed E-state index contributed by atoms with van der Waals surface area (Å²) >= 11 is 0. The maximum Gasteiger partial charge on any atom is 0.293 e. The van der Waals surface area contributed by atoms with Gasteiger partial charge in [0.1, 0.15) is 5.69 Å². The van der Waals surface area contributed by atoms with E-state index in [9.17, 15) is 18.5 Å². The Morgan fingerprint density at radius 1 is 1.38 bits per heavy atom. The van der Waals surface area contributed by atoms with Gasteiger partial charge in [0.15, 0.2) is 0 Å². The van der Waals surface area contributed by atoms with Crippen molar-refractivity contribution in [3.05, 3.63) is 28.3 Å². The Hall–Kier alpha value is -2.11. The van der Waals surface area contributed by atoms with Crippen LogP contribution in [0.25, 0.3) is 0 Å². The average Bonchev–Trinajstić information content (AvgIpc) is 2.33. The zero-order valence-electron chi connectivity index (χ0n) is 12.0. The van der Waals surface area contributed by atoms with Crippen molar-refractivity contribution < 1.29 is 13.3 Å². The van der Waals surface area contributed by atoms with E-state index in [0.717, 1.165) is 6.07 Å². The normalized spacial score (nSPS) is 11.7. The number of benzene rings is 1. The van der Waals surface area contributed by atoms with Crippen LogP contribution < -0.4 is 10.0 Å². The smallest absolute Gasteiger partial charge is 0.293 e. The average molecular weight is 311 g/mol. The molecular formula is C13H17N3O4S. The van der Waals surface area contributed by atoms with Crippen LogP contribution in [0.3, 0.4) is 0 Å². The molecule has 0 fully saturated rings. The fourth-order valence-electron chi connectivity index (χ4n) is 1.59. The molecule has 1 rings (SSSR count). The molecule has 0 saturated carbocycles. The first-order valence-corrected chi connectivity index (χ1v) is 7.55. The number of rotatable bonds is 5. The highest BCUT2D eigenvalue weighted by atomic mass is 32.2. The highest BCUT2D eigenvalue weighted by Gasteiger charge is 2.25. The largest absolute Gasteiger partial charge is 0.369 e. The summed E-state index contributed by atoms with van der Waals surface area (Å²) in [5.41, 5.74) is -0.858. The molecule has 0 aliphatic rings. The third-order valence-corrected chi connectivity index (χ3v) is 4.05. The van der Waals surface area contributed by atoms with Crippen LogP contribution in [0.5, 0.6) is 0 Å². The van der Waals surface area contributed by atoms with Crippen LogP contribution in [0.15, 0.2) is 23.1 Å². The summed E-state index contributed by atoms with van der Waals surface area (Å²) in [4.78, 5) is 10.2. The van der Waals surface area contributed by atoms with E-state index in [-0.39, 0.29) is 22.8 Å². The molecular weight excluding hydrogens is 294 g/mol. The second kappa shape index (κ2) is 6.11. The van der Waals surface area contributed by atoms with Crippen molar-refractivity contribution >= 4 is 21.4 Å². The van der Waals surface area contributed by atoms with Gasteiger partial charge in [-0.25, -0.2) is 13.1 Å². The van der Waals surface area contributed by atoms with E-state index in [1.165, 1.54) is 12.1 Å². The number of hydrogen-bond acceptors (Lipinski definition) is 5. The summed E-state index contributed by atoms with van der Waals surface area (Å²) in [6.45, 7) is 5.15. The number of terminal acetylenes is 1. The first kappa shape index (κ1) is 16.9. The summed E-state index contributed by atoms with van der Waals surface area (Å²) in [6, 6.07) is 3.62. The molecule has 7 nitrogen and oxygen atoms in total. The number of hydrogen-bond donors (Lipinski definition) is 2. The Balaban J connectivity index is 3.26. The molecule has 2 N–H and O–H groups in total. The number of nitro groups is 1. The molecule has 1 aromatic rings. The van der Waals surface area contributed by atoms with Crippen molar-refractivity contribution in [2.75, 3.05) is 11.9 Å². The van der Waals surface area contributed by atoms with Gasteiger partial charge in [-0.15, -0.1) is 6.42 Å². The third-order valence-electron chi connectivity index (χ3n) is 2.30. The Kier molecular flexibility index (Phi) is 4.93. The predicted molar refractivity (Wildman–Crippen MR) is 80.5 cm³/mol. The molecule has 0 spiro atoms. The van der Waals surface area contributed by atoms with Crippen molar-refractivity contribution in [3.8, 4) is 12.3 Å². The van der Waals surface area contributed by atoms with E-state index in [1.807, 2.05) is 0 Å². The molecule has 0 bridgehead atoms. The molecule has 0 saturated heterocycles. The molecule has 0 unspecified atom stereocenters. The highest BCUT2D eigenvalue weighted by Crippen LogP contribution is 2.27.